The van der Waals surface area contributed by atoms with Crippen LogP contribution in [-0.2, 0) is 4.74 Å². The largest absolute Gasteiger partial charge is 0.374 e. The molecule has 0 aromatic carbocycles. The van der Waals surface area contributed by atoms with E-state index in [1.807, 2.05) is 0 Å². The number of nitrogens with two attached hydrogens (primary N) is 1. The molecular weight excluding hydrogens is 109 g/mol. The summed E-state index contributed by atoms with van der Waals surface area (Å²) in [6, 6.07) is 0. The highest BCUT2D eigenvalue weighted by Crippen LogP contribution is 2.14. The van der Waals surface area contributed by atoms with Gasteiger partial charge in [-0.15, -0.1) is 0 Å². The van der Waals surface area contributed by atoms with Crippen LogP contribution < -0.4 is 5.73 Å². The van der Waals surface area contributed by atoms with Crippen LogP contribution in [-0.4, -0.2) is 25.4 Å². The summed E-state index contributed by atoms with van der Waals surface area (Å²) in [5, 5.41) is 0. The first-order valence-corrected chi connectivity index (χ1v) is 2.78. The second kappa shape index (κ2) is 2.42. The molecule has 0 saturated carbocycles. The maximum absolute atomic E-state index is 12.2. The Labute approximate surface area is 47.8 Å². The summed E-state index contributed by atoms with van der Waals surface area (Å²) >= 11 is 0. The zero-order valence-corrected chi connectivity index (χ0v) is 4.64. The fraction of sp³-hybridized carbons (Fsp3) is 1.00. The molecule has 2 atom stereocenters. The van der Waals surface area contributed by atoms with E-state index in [1.165, 1.54) is 0 Å². The lowest BCUT2D eigenvalue weighted by Crippen LogP contribution is -2.18. The molecule has 48 valence electrons. The molecule has 1 saturated heterocycles. The highest BCUT2D eigenvalue weighted by molar-refractivity contribution is 4.72. The molecule has 1 heterocycles. The third kappa shape index (κ3) is 1.17. The normalized spacial score (nSPS) is 38.2. The molecule has 2 nitrogen and oxygen atoms in total. The molecule has 0 bridgehead atoms. The molecular formula is C5H10FNO. The van der Waals surface area contributed by atoms with Crippen LogP contribution in [0.3, 0.4) is 0 Å². The van der Waals surface area contributed by atoms with Gasteiger partial charge < -0.3 is 10.5 Å². The van der Waals surface area contributed by atoms with E-state index in [2.05, 4.69) is 0 Å². The number of hydrogen-bond acceptors (Lipinski definition) is 2. The van der Waals surface area contributed by atoms with Crippen LogP contribution in [0.15, 0.2) is 0 Å². The summed E-state index contributed by atoms with van der Waals surface area (Å²) in [6.45, 7) is 0.683. The number of hydrogen-bond donors (Lipinski definition) is 1. The first-order chi connectivity index (χ1) is 3.83. The van der Waals surface area contributed by atoms with E-state index >= 15 is 0 Å². The smallest absolute Gasteiger partial charge is 0.126 e. The van der Waals surface area contributed by atoms with Gasteiger partial charge in [0.2, 0.25) is 0 Å². The summed E-state index contributed by atoms with van der Waals surface area (Å²) in [7, 11) is 0. The fourth-order valence-electron chi connectivity index (χ4n) is 0.826. The average Bonchev–Trinajstić information content (AvgIpc) is 2.14. The van der Waals surface area contributed by atoms with E-state index < -0.39 is 6.17 Å². The van der Waals surface area contributed by atoms with Crippen molar-refractivity contribution < 1.29 is 9.13 Å². The minimum absolute atomic E-state index is 0.0231. The summed E-state index contributed by atoms with van der Waals surface area (Å²) in [5.41, 5.74) is 5.20. The van der Waals surface area contributed by atoms with Gasteiger partial charge in [-0.25, -0.2) is 4.39 Å². The van der Waals surface area contributed by atoms with Gasteiger partial charge in [-0.05, 0) is 0 Å². The number of alkyl halides is 1. The van der Waals surface area contributed by atoms with Crippen molar-refractivity contribution >= 4 is 0 Å². The van der Waals surface area contributed by atoms with E-state index in [1.54, 1.807) is 0 Å². The summed E-state index contributed by atoms with van der Waals surface area (Å²) < 4.78 is 17.1. The van der Waals surface area contributed by atoms with Gasteiger partial charge >= 0.3 is 0 Å². The minimum atomic E-state index is -0.774. The van der Waals surface area contributed by atoms with Crippen molar-refractivity contribution in [1.82, 2.24) is 0 Å². The molecule has 0 spiro atoms. The number of ether oxygens (including phenoxy) is 1. The van der Waals surface area contributed by atoms with Crippen molar-refractivity contribution in [3.63, 3.8) is 0 Å². The highest BCUT2D eigenvalue weighted by Gasteiger charge is 2.22. The fourth-order valence-corrected chi connectivity index (χ4v) is 0.826. The number of rotatable bonds is 1. The summed E-state index contributed by atoms with van der Waals surface area (Å²) in [5.74, 6) is 0. The van der Waals surface area contributed by atoms with Crippen molar-refractivity contribution in [2.75, 3.05) is 13.2 Å². The van der Waals surface area contributed by atoms with Crippen molar-refractivity contribution in [2.24, 2.45) is 5.73 Å². The van der Waals surface area contributed by atoms with Crippen molar-refractivity contribution in [2.45, 2.75) is 18.7 Å². The topological polar surface area (TPSA) is 35.2 Å². The van der Waals surface area contributed by atoms with Gasteiger partial charge in [0, 0.05) is 13.0 Å². The van der Waals surface area contributed by atoms with Crippen LogP contribution in [0.4, 0.5) is 4.39 Å². The minimum Gasteiger partial charge on any atom is -0.374 e. The third-order valence-electron chi connectivity index (χ3n) is 1.29. The maximum Gasteiger partial charge on any atom is 0.126 e. The molecule has 1 aliphatic heterocycles. The summed E-state index contributed by atoms with van der Waals surface area (Å²) in [6.07, 6.45) is -0.315. The van der Waals surface area contributed by atoms with E-state index in [0.717, 1.165) is 0 Å². The zero-order valence-electron chi connectivity index (χ0n) is 4.64. The van der Waals surface area contributed by atoms with Crippen molar-refractivity contribution in [3.05, 3.63) is 0 Å². The average molecular weight is 119 g/mol. The van der Waals surface area contributed by atoms with Crippen LogP contribution in [0.25, 0.3) is 0 Å². The van der Waals surface area contributed by atoms with Gasteiger partial charge in [-0.1, -0.05) is 0 Å². The van der Waals surface area contributed by atoms with Gasteiger partial charge in [-0.2, -0.15) is 0 Å². The van der Waals surface area contributed by atoms with Gasteiger partial charge in [0.05, 0.1) is 12.7 Å². The molecule has 1 aliphatic rings. The lowest BCUT2D eigenvalue weighted by Gasteiger charge is -2.01. The Morgan fingerprint density at radius 1 is 1.75 bits per heavy atom. The van der Waals surface area contributed by atoms with Gasteiger partial charge in [0.1, 0.15) is 6.17 Å². The van der Waals surface area contributed by atoms with Crippen LogP contribution in [0.2, 0.25) is 0 Å². The monoisotopic (exact) mass is 119 g/mol. The van der Waals surface area contributed by atoms with E-state index in [9.17, 15) is 4.39 Å². The quantitative estimate of drug-likeness (QED) is 0.530. The molecule has 0 aliphatic carbocycles. The second-order valence-corrected chi connectivity index (χ2v) is 2.02. The van der Waals surface area contributed by atoms with Crippen LogP contribution >= 0.6 is 0 Å². The first kappa shape index (κ1) is 5.98. The van der Waals surface area contributed by atoms with E-state index in [4.69, 9.17) is 10.5 Å². The predicted octanol–water partition coefficient (Wildman–Crippen LogP) is 0.0721. The third-order valence-corrected chi connectivity index (χ3v) is 1.29. The van der Waals surface area contributed by atoms with Gasteiger partial charge in [0.25, 0.3) is 0 Å². The molecule has 0 radical (unpaired) electrons. The molecule has 0 aromatic rings. The molecule has 3 heteroatoms. The molecule has 8 heavy (non-hydrogen) atoms. The zero-order chi connectivity index (χ0) is 5.98. The van der Waals surface area contributed by atoms with Crippen LogP contribution in [0, 0.1) is 0 Å². The molecule has 0 aromatic heterocycles. The Hall–Kier alpha value is -0.150. The van der Waals surface area contributed by atoms with Gasteiger partial charge in [-0.3, -0.25) is 0 Å². The standard InChI is InChI=1S/C5H10FNO/c6-4-1-5(2-7)8-3-4/h4-5H,1-3,7H2. The molecule has 2 N–H and O–H groups in total. The summed E-state index contributed by atoms with van der Waals surface area (Å²) in [4.78, 5) is 0. The Morgan fingerprint density at radius 2 is 2.50 bits per heavy atom. The molecule has 1 rings (SSSR count). The first-order valence-electron chi connectivity index (χ1n) is 2.78. The van der Waals surface area contributed by atoms with Crippen LogP contribution in [0.1, 0.15) is 6.42 Å². The second-order valence-electron chi connectivity index (χ2n) is 2.02. The van der Waals surface area contributed by atoms with E-state index in [0.29, 0.717) is 13.0 Å². The molecule has 0 amide bonds. The number of halogens is 1. The Balaban J connectivity index is 2.22. The van der Waals surface area contributed by atoms with E-state index in [-0.39, 0.29) is 12.7 Å². The molecule has 1 fully saturated rings. The molecule has 2 unspecified atom stereocenters. The predicted molar refractivity (Wildman–Crippen MR) is 28.3 cm³/mol. The Bertz CT molecular complexity index is 78.8. The Morgan fingerprint density at radius 3 is 2.75 bits per heavy atom. The maximum atomic E-state index is 12.2. The highest BCUT2D eigenvalue weighted by atomic mass is 19.1. The SMILES string of the molecule is NCC1CC(F)CO1. The lowest BCUT2D eigenvalue weighted by molar-refractivity contribution is 0.109. The lowest BCUT2D eigenvalue weighted by atomic mass is 10.2. The van der Waals surface area contributed by atoms with Crippen LogP contribution in [0.5, 0.6) is 0 Å². The van der Waals surface area contributed by atoms with Crippen molar-refractivity contribution in [1.29, 1.82) is 0 Å². The van der Waals surface area contributed by atoms with Gasteiger partial charge in [0.15, 0.2) is 0 Å². The van der Waals surface area contributed by atoms with Crippen molar-refractivity contribution in [3.8, 4) is 0 Å². The Kier molecular flexibility index (Phi) is 1.81.